The van der Waals surface area contributed by atoms with E-state index in [1.807, 2.05) is 0 Å². The van der Waals surface area contributed by atoms with E-state index in [2.05, 4.69) is 18.8 Å². The third-order valence-corrected chi connectivity index (χ3v) is 5.75. The second-order valence-corrected chi connectivity index (χ2v) is 8.49. The standard InChI is InChI=1S/C20H23ClN2O5S/c1-12(2)6-8-27-20(26)23-7-5-15-19(29-11-22-15)18(23)14-9-13(21)3-4-16(14)28-10-17(24)25/h3-4,9,11-12,18H,5-8,10H2,1-2H3,(H,24,25)/t18-/m1/s1. The van der Waals surface area contributed by atoms with Crippen molar-refractivity contribution in [2.75, 3.05) is 19.8 Å². The van der Waals surface area contributed by atoms with Crippen LogP contribution < -0.4 is 4.74 Å². The van der Waals surface area contributed by atoms with Crippen LogP contribution in [0, 0.1) is 5.92 Å². The molecular formula is C20H23ClN2O5S. The van der Waals surface area contributed by atoms with Crippen molar-refractivity contribution in [3.63, 3.8) is 0 Å². The van der Waals surface area contributed by atoms with Gasteiger partial charge in [0.1, 0.15) is 11.8 Å². The van der Waals surface area contributed by atoms with Crippen LogP contribution in [0.25, 0.3) is 0 Å². The SMILES string of the molecule is CC(C)CCOC(=O)N1CCc2ncsc2[C@H]1c1cc(Cl)ccc1OCC(=O)O. The lowest BCUT2D eigenvalue weighted by Crippen LogP contribution is -2.40. The Morgan fingerprint density at radius 2 is 2.21 bits per heavy atom. The number of thiazole rings is 1. The molecule has 1 aliphatic rings. The molecule has 1 aromatic heterocycles. The van der Waals surface area contributed by atoms with Gasteiger partial charge in [0, 0.05) is 23.6 Å². The van der Waals surface area contributed by atoms with E-state index < -0.39 is 24.7 Å². The van der Waals surface area contributed by atoms with Crippen molar-refractivity contribution in [1.29, 1.82) is 0 Å². The number of carboxylic acid groups (broad SMARTS) is 1. The van der Waals surface area contributed by atoms with Gasteiger partial charge in [-0.15, -0.1) is 11.3 Å². The minimum atomic E-state index is -1.09. The molecule has 9 heteroatoms. The molecule has 2 aromatic rings. The lowest BCUT2D eigenvalue weighted by atomic mass is 9.97. The van der Waals surface area contributed by atoms with Crippen LogP contribution in [-0.4, -0.2) is 46.8 Å². The fraction of sp³-hybridized carbons (Fsp3) is 0.450. The van der Waals surface area contributed by atoms with Crippen LogP contribution in [0.5, 0.6) is 5.75 Å². The summed E-state index contributed by atoms with van der Waals surface area (Å²) >= 11 is 7.67. The number of rotatable bonds is 7. The summed E-state index contributed by atoms with van der Waals surface area (Å²) < 4.78 is 11.0. The number of carbonyl (C=O) groups excluding carboxylic acids is 1. The van der Waals surface area contributed by atoms with Crippen LogP contribution >= 0.6 is 22.9 Å². The highest BCUT2D eigenvalue weighted by Gasteiger charge is 2.36. The van der Waals surface area contributed by atoms with E-state index in [-0.39, 0.29) is 0 Å². The molecule has 3 rings (SSSR count). The summed E-state index contributed by atoms with van der Waals surface area (Å²) in [7, 11) is 0. The number of carbonyl (C=O) groups is 2. The Morgan fingerprint density at radius 1 is 1.41 bits per heavy atom. The number of halogens is 1. The van der Waals surface area contributed by atoms with Crippen LogP contribution in [0.3, 0.4) is 0 Å². The normalized spacial score (nSPS) is 15.9. The van der Waals surface area contributed by atoms with E-state index in [0.29, 0.717) is 41.8 Å². The molecule has 1 aliphatic heterocycles. The minimum absolute atomic E-state index is 0.340. The van der Waals surface area contributed by atoms with Crippen molar-refractivity contribution >= 4 is 35.0 Å². The molecule has 7 nitrogen and oxygen atoms in total. The number of hydrogen-bond acceptors (Lipinski definition) is 6. The van der Waals surface area contributed by atoms with Crippen LogP contribution in [0.1, 0.15) is 42.4 Å². The van der Waals surface area contributed by atoms with Crippen LogP contribution in [0.2, 0.25) is 5.02 Å². The van der Waals surface area contributed by atoms with Gasteiger partial charge in [0.05, 0.1) is 22.7 Å². The van der Waals surface area contributed by atoms with E-state index >= 15 is 0 Å². The van der Waals surface area contributed by atoms with Gasteiger partial charge in [0.15, 0.2) is 6.61 Å². The van der Waals surface area contributed by atoms with Crippen molar-refractivity contribution in [2.45, 2.75) is 32.7 Å². The largest absolute Gasteiger partial charge is 0.482 e. The summed E-state index contributed by atoms with van der Waals surface area (Å²) in [5.41, 5.74) is 3.27. The first-order chi connectivity index (χ1) is 13.9. The van der Waals surface area contributed by atoms with Gasteiger partial charge in [-0.25, -0.2) is 14.6 Å². The predicted octanol–water partition coefficient (Wildman–Crippen LogP) is 4.39. The topological polar surface area (TPSA) is 89.0 Å². The van der Waals surface area contributed by atoms with Crippen molar-refractivity contribution in [3.05, 3.63) is 44.9 Å². The van der Waals surface area contributed by atoms with Gasteiger partial charge in [-0.1, -0.05) is 25.4 Å². The van der Waals surface area contributed by atoms with E-state index in [1.165, 1.54) is 11.3 Å². The first-order valence-corrected chi connectivity index (χ1v) is 10.6. The number of nitrogens with zero attached hydrogens (tertiary/aromatic N) is 2. The van der Waals surface area contributed by atoms with Gasteiger partial charge in [-0.2, -0.15) is 0 Å². The summed E-state index contributed by atoms with van der Waals surface area (Å²) in [5, 5.41) is 9.46. The molecule has 2 heterocycles. The van der Waals surface area contributed by atoms with Crippen molar-refractivity contribution in [3.8, 4) is 5.75 Å². The highest BCUT2D eigenvalue weighted by Crippen LogP contribution is 2.42. The molecule has 0 saturated heterocycles. The van der Waals surface area contributed by atoms with Gasteiger partial charge in [0.2, 0.25) is 0 Å². The second-order valence-electron chi connectivity index (χ2n) is 7.17. The van der Waals surface area contributed by atoms with Crippen LogP contribution in [0.15, 0.2) is 23.7 Å². The van der Waals surface area contributed by atoms with Crippen molar-refractivity contribution in [2.24, 2.45) is 5.92 Å². The summed E-state index contributed by atoms with van der Waals surface area (Å²) in [6.45, 7) is 4.42. The smallest absolute Gasteiger partial charge is 0.410 e. The fourth-order valence-corrected chi connectivity index (χ4v) is 4.31. The summed E-state index contributed by atoms with van der Waals surface area (Å²) in [6, 6.07) is 4.45. The Bertz CT molecular complexity index is 886. The van der Waals surface area contributed by atoms with E-state index in [0.717, 1.165) is 17.0 Å². The number of hydrogen-bond donors (Lipinski definition) is 1. The minimum Gasteiger partial charge on any atom is -0.482 e. The van der Waals surface area contributed by atoms with Gasteiger partial charge in [-0.3, -0.25) is 4.90 Å². The lowest BCUT2D eigenvalue weighted by Gasteiger charge is -2.35. The highest BCUT2D eigenvalue weighted by molar-refractivity contribution is 7.09. The Labute approximate surface area is 178 Å². The lowest BCUT2D eigenvalue weighted by molar-refractivity contribution is -0.139. The van der Waals surface area contributed by atoms with Crippen LogP contribution in [0.4, 0.5) is 4.79 Å². The quantitative estimate of drug-likeness (QED) is 0.689. The number of fused-ring (bicyclic) bond motifs is 1. The molecule has 1 amide bonds. The number of aliphatic carboxylic acids is 1. The Kier molecular flexibility index (Phi) is 6.97. The molecule has 0 fully saturated rings. The first kappa shape index (κ1) is 21.4. The summed E-state index contributed by atoms with van der Waals surface area (Å²) in [4.78, 5) is 30.8. The molecule has 1 aromatic carbocycles. The van der Waals surface area contributed by atoms with Crippen LogP contribution in [-0.2, 0) is 16.0 Å². The number of amides is 1. The Hall–Kier alpha value is -2.32. The van der Waals surface area contributed by atoms with Gasteiger partial charge < -0.3 is 14.6 Å². The molecule has 0 aliphatic carbocycles. The van der Waals surface area contributed by atoms with Gasteiger partial charge in [0.25, 0.3) is 0 Å². The van der Waals surface area contributed by atoms with Crippen molar-refractivity contribution < 1.29 is 24.2 Å². The maximum Gasteiger partial charge on any atom is 0.410 e. The Morgan fingerprint density at radius 3 is 2.93 bits per heavy atom. The molecule has 0 radical (unpaired) electrons. The second kappa shape index (κ2) is 9.45. The third kappa shape index (κ3) is 5.19. The fourth-order valence-electron chi connectivity index (χ4n) is 3.16. The molecule has 0 saturated carbocycles. The first-order valence-electron chi connectivity index (χ1n) is 9.36. The maximum absolute atomic E-state index is 12.9. The number of aromatic nitrogens is 1. The zero-order valence-electron chi connectivity index (χ0n) is 16.3. The van der Waals surface area contributed by atoms with Crippen molar-refractivity contribution in [1.82, 2.24) is 9.88 Å². The highest BCUT2D eigenvalue weighted by atomic mass is 35.5. The Balaban J connectivity index is 1.95. The molecular weight excluding hydrogens is 416 g/mol. The van der Waals surface area contributed by atoms with E-state index in [9.17, 15) is 9.59 Å². The molecule has 156 valence electrons. The third-order valence-electron chi connectivity index (χ3n) is 4.59. The zero-order chi connectivity index (χ0) is 21.0. The van der Waals surface area contributed by atoms with Gasteiger partial charge in [-0.05, 0) is 30.5 Å². The average molecular weight is 439 g/mol. The van der Waals surface area contributed by atoms with E-state index in [4.69, 9.17) is 26.2 Å². The maximum atomic E-state index is 12.9. The number of ether oxygens (including phenoxy) is 2. The summed E-state index contributed by atoms with van der Waals surface area (Å²) in [5.74, 6) is -0.294. The molecule has 1 N–H and O–H groups in total. The number of carboxylic acids is 1. The average Bonchev–Trinajstić information content (AvgIpc) is 3.14. The predicted molar refractivity (Wildman–Crippen MR) is 110 cm³/mol. The molecule has 0 bridgehead atoms. The monoisotopic (exact) mass is 438 g/mol. The molecule has 1 atom stereocenters. The van der Waals surface area contributed by atoms with E-state index in [1.54, 1.807) is 28.6 Å². The summed E-state index contributed by atoms with van der Waals surface area (Å²) in [6.07, 6.45) is 0.986. The molecule has 0 unspecified atom stereocenters. The molecule has 29 heavy (non-hydrogen) atoms. The molecule has 0 spiro atoms. The number of benzene rings is 1. The zero-order valence-corrected chi connectivity index (χ0v) is 17.8. The van der Waals surface area contributed by atoms with Gasteiger partial charge >= 0.3 is 12.1 Å².